The molecule has 1 saturated heterocycles. The predicted molar refractivity (Wildman–Crippen MR) is 71.8 cm³/mol. The summed E-state index contributed by atoms with van der Waals surface area (Å²) >= 11 is 0. The van der Waals surface area contributed by atoms with Crippen LogP contribution in [0, 0.1) is 19.8 Å². The first-order valence-electron chi connectivity index (χ1n) is 6.55. The second-order valence-electron chi connectivity index (χ2n) is 5.16. The average molecular weight is 233 g/mol. The topological polar surface area (TPSA) is 21.3 Å². The fourth-order valence-electron chi connectivity index (χ4n) is 2.77. The maximum atomic E-state index is 5.51. The van der Waals surface area contributed by atoms with Crippen molar-refractivity contribution in [1.29, 1.82) is 0 Å². The molecule has 0 radical (unpaired) electrons. The van der Waals surface area contributed by atoms with Crippen LogP contribution in [0.4, 0.5) is 0 Å². The third-order valence-electron chi connectivity index (χ3n) is 3.76. The molecule has 1 heterocycles. The van der Waals surface area contributed by atoms with E-state index in [0.717, 1.165) is 18.1 Å². The lowest BCUT2D eigenvalue weighted by Gasteiger charge is -2.15. The molecule has 2 heteroatoms. The Morgan fingerprint density at radius 2 is 2.18 bits per heavy atom. The van der Waals surface area contributed by atoms with Gasteiger partial charge in [-0.05, 0) is 74.9 Å². The molecule has 1 fully saturated rings. The molecular weight excluding hydrogens is 210 g/mol. The Morgan fingerprint density at radius 3 is 2.82 bits per heavy atom. The summed E-state index contributed by atoms with van der Waals surface area (Å²) in [6.45, 7) is 6.69. The van der Waals surface area contributed by atoms with Gasteiger partial charge in [-0.15, -0.1) is 0 Å². The molecule has 0 aromatic heterocycles. The van der Waals surface area contributed by atoms with Gasteiger partial charge in [0, 0.05) is 0 Å². The Hall–Kier alpha value is -1.02. The Kier molecular flexibility index (Phi) is 4.06. The fourth-order valence-corrected chi connectivity index (χ4v) is 2.77. The highest BCUT2D eigenvalue weighted by atomic mass is 16.5. The summed E-state index contributed by atoms with van der Waals surface area (Å²) in [5.41, 5.74) is 4.04. The van der Waals surface area contributed by atoms with E-state index in [4.69, 9.17) is 4.74 Å². The minimum Gasteiger partial charge on any atom is -0.496 e. The standard InChI is InChI=1S/C15H23NO/c1-11-8-12(2)14(15(9-11)17-3)5-4-13-6-7-16-10-13/h8-9,13,16H,4-7,10H2,1-3H3. The first kappa shape index (κ1) is 12.4. The zero-order valence-electron chi connectivity index (χ0n) is 11.2. The Morgan fingerprint density at radius 1 is 1.35 bits per heavy atom. The number of hydrogen-bond acceptors (Lipinski definition) is 2. The van der Waals surface area contributed by atoms with Gasteiger partial charge in [0.1, 0.15) is 5.75 Å². The predicted octanol–water partition coefficient (Wildman–Crippen LogP) is 2.85. The third kappa shape index (κ3) is 3.01. The summed E-state index contributed by atoms with van der Waals surface area (Å²) in [6.07, 6.45) is 3.74. The first-order valence-corrected chi connectivity index (χ1v) is 6.55. The number of methoxy groups -OCH3 is 1. The van der Waals surface area contributed by atoms with Crippen molar-refractivity contribution in [2.24, 2.45) is 5.92 Å². The molecule has 2 rings (SSSR count). The Balaban J connectivity index is 2.08. The molecule has 17 heavy (non-hydrogen) atoms. The molecule has 1 aliphatic rings. The van der Waals surface area contributed by atoms with Gasteiger partial charge in [0.15, 0.2) is 0 Å². The smallest absolute Gasteiger partial charge is 0.122 e. The van der Waals surface area contributed by atoms with Crippen LogP contribution in [0.2, 0.25) is 0 Å². The van der Waals surface area contributed by atoms with Gasteiger partial charge in [-0.1, -0.05) is 6.07 Å². The highest BCUT2D eigenvalue weighted by molar-refractivity contribution is 5.43. The van der Waals surface area contributed by atoms with Crippen LogP contribution >= 0.6 is 0 Å². The van der Waals surface area contributed by atoms with E-state index >= 15 is 0 Å². The summed E-state index contributed by atoms with van der Waals surface area (Å²) < 4.78 is 5.51. The lowest BCUT2D eigenvalue weighted by atomic mass is 9.94. The maximum absolute atomic E-state index is 5.51. The highest BCUT2D eigenvalue weighted by Crippen LogP contribution is 2.27. The van der Waals surface area contributed by atoms with E-state index in [1.54, 1.807) is 7.11 Å². The van der Waals surface area contributed by atoms with E-state index in [1.165, 1.54) is 42.6 Å². The van der Waals surface area contributed by atoms with Gasteiger partial charge >= 0.3 is 0 Å². The second-order valence-corrected chi connectivity index (χ2v) is 5.16. The summed E-state index contributed by atoms with van der Waals surface area (Å²) in [4.78, 5) is 0. The van der Waals surface area contributed by atoms with E-state index in [2.05, 4.69) is 31.3 Å². The molecule has 1 aliphatic heterocycles. The quantitative estimate of drug-likeness (QED) is 0.863. The van der Waals surface area contributed by atoms with Gasteiger partial charge in [-0.3, -0.25) is 0 Å². The number of rotatable bonds is 4. The first-order chi connectivity index (χ1) is 8.20. The molecule has 2 nitrogen and oxygen atoms in total. The normalized spacial score (nSPS) is 19.6. The van der Waals surface area contributed by atoms with E-state index in [9.17, 15) is 0 Å². The van der Waals surface area contributed by atoms with Crippen LogP contribution in [-0.4, -0.2) is 20.2 Å². The molecule has 0 saturated carbocycles. The van der Waals surface area contributed by atoms with E-state index in [1.807, 2.05) is 0 Å². The van der Waals surface area contributed by atoms with Crippen molar-refractivity contribution in [2.75, 3.05) is 20.2 Å². The van der Waals surface area contributed by atoms with Crippen molar-refractivity contribution in [3.63, 3.8) is 0 Å². The number of benzene rings is 1. The molecule has 1 aromatic carbocycles. The highest BCUT2D eigenvalue weighted by Gasteiger charge is 2.16. The molecule has 0 aliphatic carbocycles. The number of aryl methyl sites for hydroxylation is 2. The molecule has 94 valence electrons. The van der Waals surface area contributed by atoms with Gasteiger partial charge in [0.2, 0.25) is 0 Å². The molecule has 1 unspecified atom stereocenters. The summed E-state index contributed by atoms with van der Waals surface area (Å²) in [5.74, 6) is 1.91. The van der Waals surface area contributed by atoms with Crippen molar-refractivity contribution in [2.45, 2.75) is 33.1 Å². The Bertz CT molecular complexity index is 381. The summed E-state index contributed by atoms with van der Waals surface area (Å²) in [5, 5.41) is 3.43. The largest absolute Gasteiger partial charge is 0.496 e. The molecule has 0 amide bonds. The van der Waals surface area contributed by atoms with Crippen molar-refractivity contribution in [3.05, 3.63) is 28.8 Å². The minimum absolute atomic E-state index is 0.848. The van der Waals surface area contributed by atoms with Crippen molar-refractivity contribution in [1.82, 2.24) is 5.32 Å². The van der Waals surface area contributed by atoms with E-state index in [0.29, 0.717) is 0 Å². The van der Waals surface area contributed by atoms with Crippen LogP contribution < -0.4 is 10.1 Å². The van der Waals surface area contributed by atoms with Gasteiger partial charge in [-0.2, -0.15) is 0 Å². The van der Waals surface area contributed by atoms with Gasteiger partial charge in [0.05, 0.1) is 7.11 Å². The van der Waals surface area contributed by atoms with Crippen LogP contribution in [-0.2, 0) is 6.42 Å². The van der Waals surface area contributed by atoms with Crippen molar-refractivity contribution in [3.8, 4) is 5.75 Å². The van der Waals surface area contributed by atoms with Crippen LogP contribution in [0.1, 0.15) is 29.5 Å². The average Bonchev–Trinajstić information content (AvgIpc) is 2.79. The van der Waals surface area contributed by atoms with Gasteiger partial charge in [0.25, 0.3) is 0 Å². The fraction of sp³-hybridized carbons (Fsp3) is 0.600. The van der Waals surface area contributed by atoms with Crippen LogP contribution in [0.3, 0.4) is 0 Å². The number of nitrogens with one attached hydrogen (secondary N) is 1. The lowest BCUT2D eigenvalue weighted by Crippen LogP contribution is -2.10. The second kappa shape index (κ2) is 5.54. The number of ether oxygens (including phenoxy) is 1. The zero-order chi connectivity index (χ0) is 12.3. The molecular formula is C15H23NO. The monoisotopic (exact) mass is 233 g/mol. The molecule has 0 spiro atoms. The van der Waals surface area contributed by atoms with E-state index in [-0.39, 0.29) is 0 Å². The molecule has 1 atom stereocenters. The van der Waals surface area contributed by atoms with E-state index < -0.39 is 0 Å². The minimum atomic E-state index is 0.848. The molecule has 0 bridgehead atoms. The van der Waals surface area contributed by atoms with Crippen LogP contribution in [0.15, 0.2) is 12.1 Å². The SMILES string of the molecule is COc1cc(C)cc(C)c1CCC1CCNC1. The Labute approximate surface area is 104 Å². The maximum Gasteiger partial charge on any atom is 0.122 e. The van der Waals surface area contributed by atoms with Crippen LogP contribution in [0.5, 0.6) is 5.75 Å². The van der Waals surface area contributed by atoms with Gasteiger partial charge in [-0.25, -0.2) is 0 Å². The summed E-state index contributed by atoms with van der Waals surface area (Å²) in [6, 6.07) is 4.40. The number of hydrogen-bond donors (Lipinski definition) is 1. The zero-order valence-corrected chi connectivity index (χ0v) is 11.2. The summed E-state index contributed by atoms with van der Waals surface area (Å²) in [7, 11) is 1.77. The molecule has 1 aromatic rings. The molecule has 1 N–H and O–H groups in total. The lowest BCUT2D eigenvalue weighted by molar-refractivity contribution is 0.406. The third-order valence-corrected chi connectivity index (χ3v) is 3.76. The van der Waals surface area contributed by atoms with Gasteiger partial charge < -0.3 is 10.1 Å². The van der Waals surface area contributed by atoms with Crippen LogP contribution in [0.25, 0.3) is 0 Å². The van der Waals surface area contributed by atoms with Crippen molar-refractivity contribution < 1.29 is 4.74 Å². The van der Waals surface area contributed by atoms with Crippen molar-refractivity contribution >= 4 is 0 Å².